The third-order valence-electron chi connectivity index (χ3n) is 13.1. The van der Waals surface area contributed by atoms with Crippen LogP contribution in [0, 0.1) is 0 Å². The molecular formula is C55H103NO10. The highest BCUT2D eigenvalue weighted by atomic mass is 16.7. The maximum atomic E-state index is 13.0. The summed E-state index contributed by atoms with van der Waals surface area (Å²) in [7, 11) is 0. The zero-order chi connectivity index (χ0) is 48.1. The van der Waals surface area contributed by atoms with Crippen LogP contribution in [0.25, 0.3) is 0 Å². The van der Waals surface area contributed by atoms with E-state index < -0.39 is 49.5 Å². The quantitative estimate of drug-likeness (QED) is 0.0196. The number of carbonyl (C=O) groups is 2. The van der Waals surface area contributed by atoms with Gasteiger partial charge in [-0.15, -0.1) is 0 Å². The fraction of sp³-hybridized carbons (Fsp3) is 0.891. The third-order valence-corrected chi connectivity index (χ3v) is 13.1. The second kappa shape index (κ2) is 45.6. The fourth-order valence-electron chi connectivity index (χ4n) is 8.63. The summed E-state index contributed by atoms with van der Waals surface area (Å²) in [6.07, 6.45) is 42.5. The lowest BCUT2D eigenvalue weighted by Gasteiger charge is -2.40. The number of ether oxygens (including phenoxy) is 3. The van der Waals surface area contributed by atoms with Gasteiger partial charge in [-0.25, -0.2) is 0 Å². The SMILES string of the molecule is CCCCCCCCCC/C=C/CC/C=C/C(O)C(COC1OC(CO)C(O)C(O)C1O)NC(=O)CCCCCCCCCCCCCCCOC(=O)CCCCCCCCCCCCC. The number of hydrogen-bond donors (Lipinski definition) is 6. The van der Waals surface area contributed by atoms with Crippen LogP contribution < -0.4 is 5.32 Å². The molecule has 0 aromatic rings. The number of hydrogen-bond acceptors (Lipinski definition) is 10. The molecule has 6 N–H and O–H groups in total. The highest BCUT2D eigenvalue weighted by Gasteiger charge is 2.44. The lowest BCUT2D eigenvalue weighted by atomic mass is 9.99. The van der Waals surface area contributed by atoms with Crippen LogP contribution in [0.1, 0.15) is 251 Å². The number of aliphatic hydroxyl groups excluding tert-OH is 5. The van der Waals surface area contributed by atoms with Gasteiger partial charge >= 0.3 is 5.97 Å². The van der Waals surface area contributed by atoms with Crippen LogP contribution in [-0.2, 0) is 23.8 Å². The van der Waals surface area contributed by atoms with Gasteiger partial charge in [0, 0.05) is 12.8 Å². The van der Waals surface area contributed by atoms with E-state index in [0.29, 0.717) is 19.4 Å². The highest BCUT2D eigenvalue weighted by molar-refractivity contribution is 5.76. The van der Waals surface area contributed by atoms with Crippen molar-refractivity contribution in [2.24, 2.45) is 0 Å². The van der Waals surface area contributed by atoms with Crippen LogP contribution in [-0.4, -0.2) is 100 Å². The monoisotopic (exact) mass is 938 g/mol. The smallest absolute Gasteiger partial charge is 0.305 e. The predicted molar refractivity (Wildman–Crippen MR) is 269 cm³/mol. The molecule has 0 bridgehead atoms. The summed E-state index contributed by atoms with van der Waals surface area (Å²) in [5.41, 5.74) is 0. The van der Waals surface area contributed by atoms with Crippen molar-refractivity contribution in [3.63, 3.8) is 0 Å². The maximum Gasteiger partial charge on any atom is 0.305 e. The van der Waals surface area contributed by atoms with E-state index in [4.69, 9.17) is 14.2 Å². The fourth-order valence-corrected chi connectivity index (χ4v) is 8.63. The highest BCUT2D eigenvalue weighted by Crippen LogP contribution is 2.23. The molecule has 0 saturated carbocycles. The van der Waals surface area contributed by atoms with Gasteiger partial charge in [-0.2, -0.15) is 0 Å². The zero-order valence-electron chi connectivity index (χ0n) is 42.4. The van der Waals surface area contributed by atoms with E-state index >= 15 is 0 Å². The minimum atomic E-state index is -1.58. The van der Waals surface area contributed by atoms with Crippen molar-refractivity contribution in [2.45, 2.75) is 294 Å². The average Bonchev–Trinajstić information content (AvgIpc) is 3.31. The molecule has 11 nitrogen and oxygen atoms in total. The van der Waals surface area contributed by atoms with Gasteiger partial charge < -0.3 is 45.1 Å². The molecule has 1 fully saturated rings. The van der Waals surface area contributed by atoms with Crippen molar-refractivity contribution in [2.75, 3.05) is 19.8 Å². The van der Waals surface area contributed by atoms with Crippen molar-refractivity contribution in [3.8, 4) is 0 Å². The van der Waals surface area contributed by atoms with E-state index in [1.165, 1.54) is 154 Å². The standard InChI is InChI=1S/C55H103NO10/c1-3-5-7-9-11-13-15-16-18-22-25-29-33-37-41-48(58)47(46-65-55-54(63)53(62)52(61)49(45-57)66-55)56-50(59)42-38-34-30-26-23-19-17-20-24-28-32-36-40-44-64-51(60)43-39-35-31-27-21-14-12-10-8-6-4-2/h22,25,37,41,47-49,52-55,57-58,61-63H,3-21,23-24,26-36,38-40,42-46H2,1-2H3,(H,56,59)/b25-22+,41-37+. The molecule has 7 unspecified atom stereocenters. The van der Waals surface area contributed by atoms with Crippen molar-refractivity contribution < 1.29 is 49.3 Å². The largest absolute Gasteiger partial charge is 0.466 e. The normalized spacial score (nSPS) is 19.8. The third kappa shape index (κ3) is 35.3. The van der Waals surface area contributed by atoms with Crippen LogP contribution in [0.4, 0.5) is 0 Å². The molecular weight excluding hydrogens is 835 g/mol. The zero-order valence-corrected chi connectivity index (χ0v) is 42.4. The molecule has 66 heavy (non-hydrogen) atoms. The van der Waals surface area contributed by atoms with E-state index in [2.05, 4.69) is 31.3 Å². The van der Waals surface area contributed by atoms with Gasteiger partial charge in [-0.05, 0) is 44.9 Å². The summed E-state index contributed by atoms with van der Waals surface area (Å²) < 4.78 is 16.7. The Hall–Kier alpha value is -1.86. The number of carbonyl (C=O) groups excluding carboxylic acids is 2. The van der Waals surface area contributed by atoms with E-state index in [9.17, 15) is 35.1 Å². The Morgan fingerprint density at radius 2 is 0.985 bits per heavy atom. The minimum absolute atomic E-state index is 0.0290. The molecule has 0 aromatic heterocycles. The van der Waals surface area contributed by atoms with Crippen LogP contribution in [0.2, 0.25) is 0 Å². The Morgan fingerprint density at radius 3 is 1.50 bits per heavy atom. The Bertz CT molecular complexity index is 1150. The molecule has 0 aliphatic carbocycles. The summed E-state index contributed by atoms with van der Waals surface area (Å²) in [5, 5.41) is 54.3. The molecule has 1 saturated heterocycles. The van der Waals surface area contributed by atoms with Gasteiger partial charge in [0.15, 0.2) is 6.29 Å². The molecule has 7 atom stereocenters. The average molecular weight is 938 g/mol. The Labute approximate surface area is 403 Å². The number of esters is 1. The molecule has 0 spiro atoms. The van der Waals surface area contributed by atoms with Gasteiger partial charge in [0.05, 0.1) is 32.0 Å². The first-order chi connectivity index (χ1) is 32.2. The van der Waals surface area contributed by atoms with E-state index in [0.717, 1.165) is 70.6 Å². The number of unbranched alkanes of at least 4 members (excludes halogenated alkanes) is 31. The number of amides is 1. The number of allylic oxidation sites excluding steroid dienone is 3. The molecule has 1 rings (SSSR count). The predicted octanol–water partition coefficient (Wildman–Crippen LogP) is 11.8. The first kappa shape index (κ1) is 62.2. The van der Waals surface area contributed by atoms with Gasteiger partial charge in [-0.1, -0.05) is 218 Å². The first-order valence-electron chi connectivity index (χ1n) is 27.6. The van der Waals surface area contributed by atoms with Crippen LogP contribution in [0.3, 0.4) is 0 Å². The van der Waals surface area contributed by atoms with Gasteiger partial charge in [0.25, 0.3) is 0 Å². The molecule has 1 aliphatic rings. The van der Waals surface area contributed by atoms with E-state index in [-0.39, 0.29) is 18.5 Å². The molecule has 1 amide bonds. The molecule has 0 radical (unpaired) electrons. The van der Waals surface area contributed by atoms with Crippen LogP contribution in [0.15, 0.2) is 24.3 Å². The van der Waals surface area contributed by atoms with E-state index in [1.807, 2.05) is 6.08 Å². The lowest BCUT2D eigenvalue weighted by Crippen LogP contribution is -2.60. The molecule has 1 aliphatic heterocycles. The van der Waals surface area contributed by atoms with Crippen LogP contribution >= 0.6 is 0 Å². The summed E-state index contributed by atoms with van der Waals surface area (Å²) in [6, 6.07) is -0.836. The second-order valence-corrected chi connectivity index (χ2v) is 19.3. The molecule has 11 heteroatoms. The molecule has 388 valence electrons. The Balaban J connectivity index is 2.19. The van der Waals surface area contributed by atoms with Gasteiger partial charge in [0.2, 0.25) is 5.91 Å². The Morgan fingerprint density at radius 1 is 0.545 bits per heavy atom. The minimum Gasteiger partial charge on any atom is -0.466 e. The molecule has 1 heterocycles. The van der Waals surface area contributed by atoms with Crippen molar-refractivity contribution in [1.29, 1.82) is 0 Å². The number of rotatable bonds is 47. The second-order valence-electron chi connectivity index (χ2n) is 19.3. The van der Waals surface area contributed by atoms with Crippen molar-refractivity contribution in [1.82, 2.24) is 5.32 Å². The number of aliphatic hydroxyl groups is 5. The lowest BCUT2D eigenvalue weighted by molar-refractivity contribution is -0.302. The van der Waals surface area contributed by atoms with Gasteiger partial charge in [0.1, 0.15) is 24.4 Å². The first-order valence-corrected chi connectivity index (χ1v) is 27.6. The maximum absolute atomic E-state index is 13.0. The van der Waals surface area contributed by atoms with Gasteiger partial charge in [-0.3, -0.25) is 9.59 Å². The summed E-state index contributed by atoms with van der Waals surface area (Å²) in [4.78, 5) is 25.0. The van der Waals surface area contributed by atoms with Crippen molar-refractivity contribution in [3.05, 3.63) is 24.3 Å². The summed E-state index contributed by atoms with van der Waals surface area (Å²) in [6.45, 7) is 4.27. The van der Waals surface area contributed by atoms with Crippen LogP contribution in [0.5, 0.6) is 0 Å². The molecule has 0 aromatic carbocycles. The van der Waals surface area contributed by atoms with Crippen molar-refractivity contribution >= 4 is 11.9 Å². The number of nitrogens with one attached hydrogen (secondary N) is 1. The van der Waals surface area contributed by atoms with E-state index in [1.54, 1.807) is 6.08 Å². The topological polar surface area (TPSA) is 175 Å². The Kier molecular flexibility index (Phi) is 42.9. The summed E-state index contributed by atoms with van der Waals surface area (Å²) >= 11 is 0. The summed E-state index contributed by atoms with van der Waals surface area (Å²) in [5.74, 6) is -0.233.